The predicted octanol–water partition coefficient (Wildman–Crippen LogP) is -0.348. The third-order valence-corrected chi connectivity index (χ3v) is 1.91. The van der Waals surface area contributed by atoms with Gasteiger partial charge in [0.05, 0.1) is 6.61 Å². The molecule has 0 saturated heterocycles. The summed E-state index contributed by atoms with van der Waals surface area (Å²) in [5, 5.41) is 7.27. The summed E-state index contributed by atoms with van der Waals surface area (Å²) in [5.74, 6) is 4.96. The fourth-order valence-corrected chi connectivity index (χ4v) is 1.13. The van der Waals surface area contributed by atoms with E-state index < -0.39 is 17.2 Å². The summed E-state index contributed by atoms with van der Waals surface area (Å²) in [6.07, 6.45) is 0. The molecule has 0 atom stereocenters. The molecule has 7 nitrogen and oxygen atoms in total. The predicted molar refractivity (Wildman–Crippen MR) is 56.5 cm³/mol. The van der Waals surface area contributed by atoms with Gasteiger partial charge in [0.1, 0.15) is 0 Å². The Kier molecular flexibility index (Phi) is 3.60. The number of aromatic nitrogens is 3. The molecular weight excluding hydrogens is 212 g/mol. The van der Waals surface area contributed by atoms with Crippen LogP contribution in [0.4, 0.5) is 0 Å². The Bertz CT molecular complexity index is 453. The number of carbonyl (C=O) groups is 1. The first-order valence-corrected chi connectivity index (χ1v) is 4.90. The van der Waals surface area contributed by atoms with Gasteiger partial charge in [0.2, 0.25) is 5.69 Å². The van der Waals surface area contributed by atoms with Crippen molar-refractivity contribution in [1.82, 2.24) is 14.9 Å². The minimum atomic E-state index is -0.811. The highest BCUT2D eigenvalue weighted by atomic mass is 16.5. The number of hydrogen-bond donors (Lipinski definition) is 1. The molecule has 1 heterocycles. The van der Waals surface area contributed by atoms with Gasteiger partial charge in [-0.25, -0.2) is 9.47 Å². The van der Waals surface area contributed by atoms with Crippen LogP contribution in [0.5, 0.6) is 0 Å². The van der Waals surface area contributed by atoms with Crippen molar-refractivity contribution in [2.75, 3.05) is 12.4 Å². The van der Waals surface area contributed by atoms with Crippen molar-refractivity contribution in [1.29, 1.82) is 0 Å². The Morgan fingerprint density at radius 2 is 2.12 bits per heavy atom. The minimum absolute atomic E-state index is 0.0542. The maximum absolute atomic E-state index is 11.6. The van der Waals surface area contributed by atoms with E-state index in [9.17, 15) is 9.59 Å². The van der Waals surface area contributed by atoms with Crippen molar-refractivity contribution < 1.29 is 9.53 Å². The molecule has 0 amide bonds. The molecule has 1 aromatic heterocycles. The second-order valence-electron chi connectivity index (χ2n) is 3.46. The number of esters is 1. The van der Waals surface area contributed by atoms with E-state index in [4.69, 9.17) is 5.84 Å². The topological polar surface area (TPSA) is 100 Å². The van der Waals surface area contributed by atoms with E-state index in [2.05, 4.69) is 14.9 Å². The summed E-state index contributed by atoms with van der Waals surface area (Å²) in [7, 11) is 0. The van der Waals surface area contributed by atoms with Crippen molar-refractivity contribution in [3.63, 3.8) is 0 Å². The van der Waals surface area contributed by atoms with Crippen molar-refractivity contribution >= 4 is 5.97 Å². The number of nitrogens with two attached hydrogens (primary N) is 1. The van der Waals surface area contributed by atoms with E-state index in [1.165, 1.54) is 0 Å². The van der Waals surface area contributed by atoms with Crippen molar-refractivity contribution in [2.45, 2.75) is 26.7 Å². The molecule has 0 spiro atoms. The average molecular weight is 226 g/mol. The van der Waals surface area contributed by atoms with Crippen LogP contribution in [0.2, 0.25) is 0 Å². The lowest BCUT2D eigenvalue weighted by molar-refractivity contribution is 0.0514. The monoisotopic (exact) mass is 226 g/mol. The highest BCUT2D eigenvalue weighted by Gasteiger charge is 2.19. The lowest BCUT2D eigenvalue weighted by Gasteiger charge is -2.09. The zero-order chi connectivity index (χ0) is 12.3. The van der Waals surface area contributed by atoms with Gasteiger partial charge >= 0.3 is 11.5 Å². The summed E-state index contributed by atoms with van der Waals surface area (Å²) in [6.45, 7) is 5.43. The van der Waals surface area contributed by atoms with E-state index in [-0.39, 0.29) is 12.5 Å². The Labute approximate surface area is 92.2 Å². The van der Waals surface area contributed by atoms with Crippen LogP contribution in [0.3, 0.4) is 0 Å². The zero-order valence-electron chi connectivity index (χ0n) is 9.43. The van der Waals surface area contributed by atoms with Gasteiger partial charge < -0.3 is 10.6 Å². The smallest absolute Gasteiger partial charge is 0.364 e. The highest BCUT2D eigenvalue weighted by Crippen LogP contribution is 2.06. The molecule has 1 aromatic rings. The van der Waals surface area contributed by atoms with Gasteiger partial charge in [-0.05, 0) is 6.92 Å². The standard InChI is InChI=1S/C9H14N4O3/c1-4-16-9(15)6-8(14)13(10)7(5(2)3)12-11-6/h5H,4,10H2,1-3H3. The molecule has 0 unspecified atom stereocenters. The van der Waals surface area contributed by atoms with E-state index in [1.807, 2.05) is 13.8 Å². The van der Waals surface area contributed by atoms with Crippen molar-refractivity contribution in [3.8, 4) is 0 Å². The normalized spacial score (nSPS) is 10.5. The van der Waals surface area contributed by atoms with Crippen LogP contribution in [0.15, 0.2) is 4.79 Å². The van der Waals surface area contributed by atoms with Crippen LogP contribution in [-0.4, -0.2) is 27.4 Å². The van der Waals surface area contributed by atoms with Gasteiger partial charge in [0.15, 0.2) is 5.82 Å². The van der Waals surface area contributed by atoms with E-state index in [0.29, 0.717) is 5.82 Å². The highest BCUT2D eigenvalue weighted by molar-refractivity contribution is 5.86. The molecule has 0 fully saturated rings. The molecule has 0 bridgehead atoms. The maximum atomic E-state index is 11.6. The molecule has 0 aliphatic heterocycles. The van der Waals surface area contributed by atoms with Gasteiger partial charge in [0.25, 0.3) is 0 Å². The summed E-state index contributed by atoms with van der Waals surface area (Å²) >= 11 is 0. The molecule has 0 aliphatic rings. The molecule has 1 rings (SSSR count). The van der Waals surface area contributed by atoms with Gasteiger partial charge in [-0.1, -0.05) is 13.8 Å². The molecule has 2 N–H and O–H groups in total. The van der Waals surface area contributed by atoms with E-state index in [1.54, 1.807) is 6.92 Å². The summed E-state index contributed by atoms with van der Waals surface area (Å²) < 4.78 is 5.48. The Hall–Kier alpha value is -1.92. The summed E-state index contributed by atoms with van der Waals surface area (Å²) in [4.78, 5) is 23.0. The lowest BCUT2D eigenvalue weighted by Crippen LogP contribution is -2.37. The van der Waals surface area contributed by atoms with E-state index in [0.717, 1.165) is 4.68 Å². The molecule has 0 radical (unpaired) electrons. The van der Waals surface area contributed by atoms with Gasteiger partial charge in [-0.3, -0.25) is 4.79 Å². The Morgan fingerprint density at radius 1 is 1.50 bits per heavy atom. The Morgan fingerprint density at radius 3 is 2.62 bits per heavy atom. The average Bonchev–Trinajstić information content (AvgIpc) is 2.21. The third-order valence-electron chi connectivity index (χ3n) is 1.91. The SMILES string of the molecule is CCOC(=O)c1nnc(C(C)C)n(N)c1=O. The number of ether oxygens (including phenoxy) is 1. The summed E-state index contributed by atoms with van der Waals surface area (Å²) in [6, 6.07) is 0. The van der Waals surface area contributed by atoms with Gasteiger partial charge in [-0.15, -0.1) is 10.2 Å². The van der Waals surface area contributed by atoms with Crippen LogP contribution in [0.1, 0.15) is 43.0 Å². The maximum Gasteiger partial charge on any atom is 0.364 e. The first kappa shape index (κ1) is 12.2. The molecule has 0 aromatic carbocycles. The van der Waals surface area contributed by atoms with Gasteiger partial charge in [-0.2, -0.15) is 0 Å². The van der Waals surface area contributed by atoms with Crippen molar-refractivity contribution in [2.24, 2.45) is 0 Å². The second kappa shape index (κ2) is 4.73. The molecule has 7 heteroatoms. The quantitative estimate of drug-likeness (QED) is 0.558. The van der Waals surface area contributed by atoms with Crippen LogP contribution < -0.4 is 11.4 Å². The second-order valence-corrected chi connectivity index (χ2v) is 3.46. The fourth-order valence-electron chi connectivity index (χ4n) is 1.13. The number of nitrogens with zero attached hydrogens (tertiary/aromatic N) is 3. The first-order valence-electron chi connectivity index (χ1n) is 4.90. The number of nitrogen functional groups attached to an aromatic ring is 1. The molecule has 88 valence electrons. The molecular formula is C9H14N4O3. The Balaban J connectivity index is 3.22. The van der Waals surface area contributed by atoms with Crippen LogP contribution >= 0.6 is 0 Å². The zero-order valence-corrected chi connectivity index (χ0v) is 9.43. The first-order chi connectivity index (χ1) is 7.49. The summed E-state index contributed by atoms with van der Waals surface area (Å²) in [5.41, 5.74) is -1.09. The molecule has 0 saturated carbocycles. The molecule has 0 aliphatic carbocycles. The van der Waals surface area contributed by atoms with Crippen molar-refractivity contribution in [3.05, 3.63) is 21.9 Å². The van der Waals surface area contributed by atoms with Gasteiger partial charge in [0, 0.05) is 5.92 Å². The lowest BCUT2D eigenvalue weighted by atomic mass is 10.2. The largest absolute Gasteiger partial charge is 0.461 e. The van der Waals surface area contributed by atoms with Crippen LogP contribution in [-0.2, 0) is 4.74 Å². The van der Waals surface area contributed by atoms with E-state index >= 15 is 0 Å². The number of hydrogen-bond acceptors (Lipinski definition) is 6. The molecule has 16 heavy (non-hydrogen) atoms. The third kappa shape index (κ3) is 2.18. The number of rotatable bonds is 3. The number of carbonyl (C=O) groups excluding carboxylic acids is 1. The van der Waals surface area contributed by atoms with Crippen LogP contribution in [0.25, 0.3) is 0 Å². The minimum Gasteiger partial charge on any atom is -0.461 e. The van der Waals surface area contributed by atoms with Crippen LogP contribution in [0, 0.1) is 0 Å². The fraction of sp³-hybridized carbons (Fsp3) is 0.556.